The molecular weight excluding hydrogens is 326 g/mol. The highest BCUT2D eigenvalue weighted by molar-refractivity contribution is 5.95. The van der Waals surface area contributed by atoms with Crippen molar-refractivity contribution in [1.29, 1.82) is 0 Å². The van der Waals surface area contributed by atoms with Crippen molar-refractivity contribution in [3.63, 3.8) is 0 Å². The van der Waals surface area contributed by atoms with Crippen molar-refractivity contribution in [2.75, 3.05) is 19.8 Å². The Bertz CT molecular complexity index is 801. The van der Waals surface area contributed by atoms with Crippen LogP contribution < -0.4 is 5.32 Å². The Kier molecular flexibility index (Phi) is 4.57. The molecule has 2 aromatic rings. The van der Waals surface area contributed by atoms with E-state index in [1.807, 2.05) is 13.2 Å². The van der Waals surface area contributed by atoms with Crippen LogP contribution in [-0.4, -0.2) is 35.4 Å². The summed E-state index contributed by atoms with van der Waals surface area (Å²) in [6.45, 7) is 4.27. The summed E-state index contributed by atoms with van der Waals surface area (Å²) < 4.78 is 7.37. The molecular formula is C21H27N3O2. The molecule has 1 aliphatic carbocycles. The summed E-state index contributed by atoms with van der Waals surface area (Å²) in [6, 6.07) is 8.52. The van der Waals surface area contributed by atoms with Gasteiger partial charge in [0, 0.05) is 44.3 Å². The van der Waals surface area contributed by atoms with Crippen molar-refractivity contribution in [2.24, 2.45) is 7.05 Å². The van der Waals surface area contributed by atoms with Crippen LogP contribution in [0.3, 0.4) is 0 Å². The van der Waals surface area contributed by atoms with Crippen molar-refractivity contribution in [3.05, 3.63) is 52.8 Å². The Hall–Kier alpha value is -2.14. The maximum absolute atomic E-state index is 12.9. The molecule has 4 rings (SSSR count). The van der Waals surface area contributed by atoms with Gasteiger partial charge in [0.05, 0.1) is 11.3 Å². The molecule has 2 fully saturated rings. The predicted molar refractivity (Wildman–Crippen MR) is 100 cm³/mol. The lowest BCUT2D eigenvalue weighted by Gasteiger charge is -2.39. The van der Waals surface area contributed by atoms with Crippen molar-refractivity contribution in [1.82, 2.24) is 15.1 Å². The molecule has 1 amide bonds. The number of carbonyl (C=O) groups excluding carboxylic acids is 1. The minimum atomic E-state index is -0.0544. The van der Waals surface area contributed by atoms with E-state index in [1.54, 1.807) is 4.68 Å². The molecule has 2 aliphatic rings. The maximum atomic E-state index is 12.9. The highest BCUT2D eigenvalue weighted by Gasteiger charge is 2.37. The summed E-state index contributed by atoms with van der Waals surface area (Å²) in [5, 5.41) is 7.74. The zero-order valence-corrected chi connectivity index (χ0v) is 15.6. The Morgan fingerprint density at radius 1 is 1.31 bits per heavy atom. The molecule has 5 nitrogen and oxygen atoms in total. The van der Waals surface area contributed by atoms with Crippen LogP contribution >= 0.6 is 0 Å². The first kappa shape index (κ1) is 17.3. The second kappa shape index (κ2) is 6.88. The standard InChI is InChI=1S/C21H27N3O2/c1-15-5-3-4-6-18(15)21(9-11-26-12-10-21)14-22-20(25)17-13-24(2)23-19(17)16-7-8-16/h3-6,13,16H,7-12,14H2,1-2H3,(H,22,25). The molecule has 138 valence electrons. The van der Waals surface area contributed by atoms with Crippen molar-refractivity contribution >= 4 is 5.91 Å². The van der Waals surface area contributed by atoms with E-state index in [9.17, 15) is 4.79 Å². The summed E-state index contributed by atoms with van der Waals surface area (Å²) in [7, 11) is 1.88. The van der Waals surface area contributed by atoms with Gasteiger partial charge in [-0.15, -0.1) is 0 Å². The molecule has 1 saturated carbocycles. The van der Waals surface area contributed by atoms with Gasteiger partial charge in [-0.1, -0.05) is 24.3 Å². The molecule has 0 spiro atoms. The number of carbonyl (C=O) groups is 1. The molecule has 5 heteroatoms. The van der Waals surface area contributed by atoms with E-state index in [2.05, 4.69) is 41.6 Å². The summed E-state index contributed by atoms with van der Waals surface area (Å²) in [5.74, 6) is 0.463. The van der Waals surface area contributed by atoms with Gasteiger partial charge in [0.2, 0.25) is 0 Å². The van der Waals surface area contributed by atoms with E-state index in [4.69, 9.17) is 4.74 Å². The van der Waals surface area contributed by atoms with Crippen LogP contribution in [-0.2, 0) is 17.2 Å². The van der Waals surface area contributed by atoms with Crippen LogP contribution in [0.1, 0.15) is 58.8 Å². The monoisotopic (exact) mass is 353 g/mol. The van der Waals surface area contributed by atoms with E-state index in [0.29, 0.717) is 12.5 Å². The molecule has 1 N–H and O–H groups in total. The van der Waals surface area contributed by atoms with E-state index >= 15 is 0 Å². The maximum Gasteiger partial charge on any atom is 0.254 e. The molecule has 1 aromatic carbocycles. The number of aromatic nitrogens is 2. The van der Waals surface area contributed by atoms with Gasteiger partial charge in [0.25, 0.3) is 5.91 Å². The van der Waals surface area contributed by atoms with Crippen molar-refractivity contribution < 1.29 is 9.53 Å². The molecule has 0 radical (unpaired) electrons. The number of nitrogens with one attached hydrogen (secondary N) is 1. The third-order valence-electron chi connectivity index (χ3n) is 5.82. The van der Waals surface area contributed by atoms with Crippen LogP contribution in [0.25, 0.3) is 0 Å². The zero-order chi connectivity index (χ0) is 18.1. The number of aryl methyl sites for hydroxylation is 2. The predicted octanol–water partition coefficient (Wildman–Crippen LogP) is 3.08. The average Bonchev–Trinajstić information content (AvgIpc) is 3.42. The lowest BCUT2D eigenvalue weighted by molar-refractivity contribution is 0.0485. The van der Waals surface area contributed by atoms with Crippen molar-refractivity contribution in [3.8, 4) is 0 Å². The number of ether oxygens (including phenoxy) is 1. The Labute approximate surface area is 154 Å². The van der Waals surface area contributed by atoms with Crippen LogP contribution in [0.4, 0.5) is 0 Å². The number of hydrogen-bond acceptors (Lipinski definition) is 3. The lowest BCUT2D eigenvalue weighted by Crippen LogP contribution is -2.45. The fourth-order valence-electron chi connectivity index (χ4n) is 4.16. The van der Waals surface area contributed by atoms with Crippen molar-refractivity contribution in [2.45, 2.75) is 43.9 Å². The highest BCUT2D eigenvalue weighted by atomic mass is 16.5. The molecule has 2 heterocycles. The molecule has 26 heavy (non-hydrogen) atoms. The fraction of sp³-hybridized carbons (Fsp3) is 0.524. The van der Waals surface area contributed by atoms with E-state index in [-0.39, 0.29) is 11.3 Å². The molecule has 1 aromatic heterocycles. The first-order valence-corrected chi connectivity index (χ1v) is 9.55. The molecule has 1 aliphatic heterocycles. The van der Waals surface area contributed by atoms with Gasteiger partial charge in [-0.25, -0.2) is 0 Å². The van der Waals surface area contributed by atoms with E-state index < -0.39 is 0 Å². The van der Waals surface area contributed by atoms with Gasteiger partial charge < -0.3 is 10.1 Å². The smallest absolute Gasteiger partial charge is 0.254 e. The Balaban J connectivity index is 1.56. The average molecular weight is 353 g/mol. The molecule has 0 bridgehead atoms. The molecule has 0 unspecified atom stereocenters. The minimum absolute atomic E-state index is 0.000508. The number of benzene rings is 1. The fourth-order valence-corrected chi connectivity index (χ4v) is 4.16. The van der Waals surface area contributed by atoms with Crippen LogP contribution in [0.15, 0.2) is 30.5 Å². The quantitative estimate of drug-likeness (QED) is 0.899. The van der Waals surface area contributed by atoms with Crippen LogP contribution in [0, 0.1) is 6.92 Å². The number of hydrogen-bond donors (Lipinski definition) is 1. The largest absolute Gasteiger partial charge is 0.381 e. The lowest BCUT2D eigenvalue weighted by atomic mass is 9.72. The first-order valence-electron chi connectivity index (χ1n) is 9.55. The number of nitrogens with zero attached hydrogens (tertiary/aromatic N) is 2. The van der Waals surface area contributed by atoms with Crippen LogP contribution in [0.5, 0.6) is 0 Å². The van der Waals surface area contributed by atoms with Gasteiger partial charge in [-0.05, 0) is 43.7 Å². The van der Waals surface area contributed by atoms with Crippen LogP contribution in [0.2, 0.25) is 0 Å². The van der Waals surface area contributed by atoms with Gasteiger partial charge >= 0.3 is 0 Å². The molecule has 1 saturated heterocycles. The Morgan fingerprint density at radius 3 is 2.73 bits per heavy atom. The van der Waals surface area contributed by atoms with Gasteiger partial charge in [0.1, 0.15) is 0 Å². The van der Waals surface area contributed by atoms with E-state index in [0.717, 1.165) is 50.2 Å². The Morgan fingerprint density at radius 2 is 2.04 bits per heavy atom. The topological polar surface area (TPSA) is 56.2 Å². The summed E-state index contributed by atoms with van der Waals surface area (Å²) >= 11 is 0. The van der Waals surface area contributed by atoms with Gasteiger partial charge in [-0.2, -0.15) is 5.10 Å². The number of rotatable bonds is 5. The zero-order valence-electron chi connectivity index (χ0n) is 15.6. The second-order valence-corrected chi connectivity index (χ2v) is 7.77. The summed E-state index contributed by atoms with van der Waals surface area (Å²) in [5.41, 5.74) is 4.26. The SMILES string of the molecule is Cc1ccccc1C1(CNC(=O)c2cn(C)nc2C2CC2)CCOCC1. The number of amides is 1. The highest BCUT2D eigenvalue weighted by Crippen LogP contribution is 2.41. The third kappa shape index (κ3) is 3.28. The van der Waals surface area contributed by atoms with Gasteiger partial charge in [-0.3, -0.25) is 9.48 Å². The first-order chi connectivity index (χ1) is 12.6. The summed E-state index contributed by atoms with van der Waals surface area (Å²) in [6.07, 6.45) is 6.00. The molecule has 0 atom stereocenters. The van der Waals surface area contributed by atoms with Gasteiger partial charge in [0.15, 0.2) is 0 Å². The minimum Gasteiger partial charge on any atom is -0.381 e. The second-order valence-electron chi connectivity index (χ2n) is 7.77. The third-order valence-corrected chi connectivity index (χ3v) is 5.82. The van der Waals surface area contributed by atoms with E-state index in [1.165, 1.54) is 11.1 Å². The normalized spacial score (nSPS) is 19.3. The summed E-state index contributed by atoms with van der Waals surface area (Å²) in [4.78, 5) is 12.9.